The first-order valence-corrected chi connectivity index (χ1v) is 4.90. The largest absolute Gasteiger partial charge is 0.314 e. The zero-order valence-corrected chi connectivity index (χ0v) is 8.08. The maximum absolute atomic E-state index is 3.47. The van der Waals surface area contributed by atoms with Crippen molar-refractivity contribution in [3.05, 3.63) is 0 Å². The summed E-state index contributed by atoms with van der Waals surface area (Å²) in [5.41, 5.74) is 0. The minimum Gasteiger partial charge on any atom is -0.314 e. The Morgan fingerprint density at radius 3 is 2.33 bits per heavy atom. The fraction of sp³-hybridized carbons (Fsp3) is 1.00. The second-order valence-corrected chi connectivity index (χ2v) is 4.09. The topological polar surface area (TPSA) is 18.5 Å². The predicted octanol–water partition coefficient (Wildman–Crippen LogP) is -0.406. The van der Waals surface area contributed by atoms with Gasteiger partial charge in [-0.3, -0.25) is 4.90 Å². The summed E-state index contributed by atoms with van der Waals surface area (Å²) >= 11 is 0. The molecule has 2 aliphatic heterocycles. The molecule has 0 aromatic carbocycles. The van der Waals surface area contributed by atoms with Gasteiger partial charge in [-0.25, -0.2) is 0 Å². The second kappa shape index (κ2) is 3.32. The van der Waals surface area contributed by atoms with Crippen LogP contribution in [-0.2, 0) is 0 Å². The molecule has 2 aliphatic rings. The molecule has 12 heavy (non-hydrogen) atoms. The maximum atomic E-state index is 3.47. The van der Waals surface area contributed by atoms with E-state index in [4.69, 9.17) is 0 Å². The average molecular weight is 169 g/mol. The van der Waals surface area contributed by atoms with Gasteiger partial charge in [0, 0.05) is 31.7 Å². The Balaban J connectivity index is 1.92. The molecule has 3 nitrogen and oxygen atoms in total. The van der Waals surface area contributed by atoms with Gasteiger partial charge in [0.1, 0.15) is 0 Å². The van der Waals surface area contributed by atoms with Gasteiger partial charge in [-0.05, 0) is 27.1 Å². The molecule has 0 bridgehead atoms. The first-order valence-electron chi connectivity index (χ1n) is 4.90. The number of nitrogens with zero attached hydrogens (tertiary/aromatic N) is 2. The van der Waals surface area contributed by atoms with Crippen molar-refractivity contribution in [1.29, 1.82) is 0 Å². The smallest absolute Gasteiger partial charge is 0.0374 e. The number of rotatable bonds is 1. The van der Waals surface area contributed by atoms with E-state index in [-0.39, 0.29) is 0 Å². The molecule has 0 aliphatic carbocycles. The van der Waals surface area contributed by atoms with E-state index in [9.17, 15) is 0 Å². The van der Waals surface area contributed by atoms with Crippen molar-refractivity contribution in [2.45, 2.75) is 18.5 Å². The molecule has 0 spiro atoms. The van der Waals surface area contributed by atoms with Gasteiger partial charge < -0.3 is 10.2 Å². The summed E-state index contributed by atoms with van der Waals surface area (Å²) < 4.78 is 0. The molecule has 1 N–H and O–H groups in total. The highest BCUT2D eigenvalue weighted by Gasteiger charge is 2.35. The fourth-order valence-corrected chi connectivity index (χ4v) is 2.28. The minimum atomic E-state index is 0.748. The van der Waals surface area contributed by atoms with Crippen LogP contribution in [0.25, 0.3) is 0 Å². The van der Waals surface area contributed by atoms with Gasteiger partial charge in [-0.2, -0.15) is 0 Å². The molecular formula is C9H19N3. The van der Waals surface area contributed by atoms with E-state index in [0.717, 1.165) is 18.6 Å². The van der Waals surface area contributed by atoms with Crippen LogP contribution in [-0.4, -0.2) is 62.2 Å². The van der Waals surface area contributed by atoms with Gasteiger partial charge in [-0.1, -0.05) is 0 Å². The van der Waals surface area contributed by atoms with Crippen molar-refractivity contribution >= 4 is 0 Å². The van der Waals surface area contributed by atoms with Crippen molar-refractivity contribution in [2.24, 2.45) is 0 Å². The van der Waals surface area contributed by atoms with Gasteiger partial charge in [-0.15, -0.1) is 0 Å². The van der Waals surface area contributed by atoms with Crippen LogP contribution in [0.15, 0.2) is 0 Å². The molecule has 70 valence electrons. The van der Waals surface area contributed by atoms with Crippen LogP contribution in [0.2, 0.25) is 0 Å². The quantitative estimate of drug-likeness (QED) is 0.576. The average Bonchev–Trinajstić information content (AvgIpc) is 2.06. The SMILES string of the molecule is CN1CCC1C1CNCCN1C. The van der Waals surface area contributed by atoms with Gasteiger partial charge in [0.2, 0.25) is 0 Å². The van der Waals surface area contributed by atoms with E-state index in [1.807, 2.05) is 0 Å². The highest BCUT2D eigenvalue weighted by Crippen LogP contribution is 2.21. The highest BCUT2D eigenvalue weighted by molar-refractivity contribution is 4.94. The third-order valence-electron chi connectivity index (χ3n) is 3.35. The van der Waals surface area contributed by atoms with E-state index < -0.39 is 0 Å². The van der Waals surface area contributed by atoms with Gasteiger partial charge in [0.25, 0.3) is 0 Å². The number of hydrogen-bond donors (Lipinski definition) is 1. The fourth-order valence-electron chi connectivity index (χ4n) is 2.28. The first-order chi connectivity index (χ1) is 5.79. The van der Waals surface area contributed by atoms with Crippen molar-refractivity contribution in [1.82, 2.24) is 15.1 Å². The van der Waals surface area contributed by atoms with E-state index in [0.29, 0.717) is 0 Å². The Morgan fingerprint density at radius 2 is 1.83 bits per heavy atom. The van der Waals surface area contributed by atoms with Crippen LogP contribution in [0.1, 0.15) is 6.42 Å². The molecule has 3 heteroatoms. The number of likely N-dealkylation sites (tertiary alicyclic amines) is 1. The van der Waals surface area contributed by atoms with Gasteiger partial charge in [0.05, 0.1) is 0 Å². The zero-order chi connectivity index (χ0) is 8.55. The standard InChI is InChI=1S/C9H19N3/c1-11-5-3-8(11)9-7-10-4-6-12(9)2/h8-10H,3-7H2,1-2H3. The summed E-state index contributed by atoms with van der Waals surface area (Å²) in [5.74, 6) is 0. The summed E-state index contributed by atoms with van der Waals surface area (Å²) in [5, 5.41) is 3.47. The molecule has 0 aromatic heterocycles. The Labute approximate surface area is 74.7 Å². The number of likely N-dealkylation sites (N-methyl/N-ethyl adjacent to an activating group) is 2. The maximum Gasteiger partial charge on any atom is 0.0374 e. The van der Waals surface area contributed by atoms with Crippen LogP contribution in [0.3, 0.4) is 0 Å². The van der Waals surface area contributed by atoms with Gasteiger partial charge >= 0.3 is 0 Å². The summed E-state index contributed by atoms with van der Waals surface area (Å²) in [6.07, 6.45) is 1.38. The van der Waals surface area contributed by atoms with Crippen molar-refractivity contribution in [3.63, 3.8) is 0 Å². The summed E-state index contributed by atoms with van der Waals surface area (Å²) in [6, 6.07) is 1.56. The lowest BCUT2D eigenvalue weighted by atomic mass is 9.94. The third-order valence-corrected chi connectivity index (χ3v) is 3.35. The lowest BCUT2D eigenvalue weighted by Gasteiger charge is -2.48. The van der Waals surface area contributed by atoms with Crippen molar-refractivity contribution in [3.8, 4) is 0 Å². The van der Waals surface area contributed by atoms with Gasteiger partial charge in [0.15, 0.2) is 0 Å². The predicted molar refractivity (Wildman–Crippen MR) is 50.3 cm³/mol. The summed E-state index contributed by atoms with van der Waals surface area (Å²) in [4.78, 5) is 4.96. The monoisotopic (exact) mass is 169 g/mol. The van der Waals surface area contributed by atoms with Crippen LogP contribution >= 0.6 is 0 Å². The molecule has 0 amide bonds. The van der Waals surface area contributed by atoms with E-state index in [1.165, 1.54) is 26.1 Å². The van der Waals surface area contributed by atoms with Crippen LogP contribution in [0.4, 0.5) is 0 Å². The Bertz CT molecular complexity index is 160. The van der Waals surface area contributed by atoms with Crippen LogP contribution in [0.5, 0.6) is 0 Å². The van der Waals surface area contributed by atoms with Crippen molar-refractivity contribution < 1.29 is 0 Å². The lowest BCUT2D eigenvalue weighted by molar-refractivity contribution is 0.0294. The molecule has 0 radical (unpaired) electrons. The molecule has 2 heterocycles. The van der Waals surface area contributed by atoms with E-state index in [1.54, 1.807) is 0 Å². The normalized spacial score (nSPS) is 39.5. The summed E-state index contributed by atoms with van der Waals surface area (Å²) in [6.45, 7) is 4.82. The molecular weight excluding hydrogens is 150 g/mol. The Morgan fingerprint density at radius 1 is 1.08 bits per heavy atom. The number of hydrogen-bond acceptors (Lipinski definition) is 3. The van der Waals surface area contributed by atoms with Crippen LogP contribution in [0, 0.1) is 0 Å². The Kier molecular flexibility index (Phi) is 2.35. The minimum absolute atomic E-state index is 0.748. The summed E-state index contributed by atoms with van der Waals surface area (Å²) in [7, 11) is 4.48. The molecule has 0 saturated carbocycles. The number of piperazine rings is 1. The molecule has 2 atom stereocenters. The lowest BCUT2D eigenvalue weighted by Crippen LogP contribution is -2.63. The van der Waals surface area contributed by atoms with E-state index >= 15 is 0 Å². The van der Waals surface area contributed by atoms with E-state index in [2.05, 4.69) is 29.2 Å². The molecule has 2 saturated heterocycles. The second-order valence-electron chi connectivity index (χ2n) is 4.09. The first kappa shape index (κ1) is 8.48. The number of nitrogens with one attached hydrogen (secondary N) is 1. The van der Waals surface area contributed by atoms with Crippen molar-refractivity contribution in [2.75, 3.05) is 40.3 Å². The molecule has 2 fully saturated rings. The molecule has 2 rings (SSSR count). The Hall–Kier alpha value is -0.120. The molecule has 0 aromatic rings. The zero-order valence-electron chi connectivity index (χ0n) is 8.08. The van der Waals surface area contributed by atoms with Crippen LogP contribution < -0.4 is 5.32 Å². The third kappa shape index (κ3) is 1.37. The molecule has 2 unspecified atom stereocenters. The highest BCUT2D eigenvalue weighted by atomic mass is 15.3.